The Morgan fingerprint density at radius 1 is 1.05 bits per heavy atom. The molecule has 0 aliphatic rings. The summed E-state index contributed by atoms with van der Waals surface area (Å²) in [6.07, 6.45) is 1.82. The van der Waals surface area contributed by atoms with Gasteiger partial charge in [0.05, 0.1) is 11.3 Å². The topological polar surface area (TPSA) is 99.5 Å². The molecule has 6 heteroatoms. The molecular formula is C15H14N2O4. The van der Waals surface area contributed by atoms with E-state index in [1.165, 1.54) is 12.3 Å². The Bertz CT molecular complexity index is 624. The Labute approximate surface area is 121 Å². The third-order valence-corrected chi connectivity index (χ3v) is 2.94. The van der Waals surface area contributed by atoms with Crippen LogP contribution in [0.3, 0.4) is 0 Å². The molecule has 1 aromatic carbocycles. The van der Waals surface area contributed by atoms with E-state index in [0.29, 0.717) is 13.0 Å². The highest BCUT2D eigenvalue weighted by Crippen LogP contribution is 2.19. The predicted molar refractivity (Wildman–Crippen MR) is 76.8 cm³/mol. The van der Waals surface area contributed by atoms with Gasteiger partial charge in [0.25, 0.3) is 0 Å². The second kappa shape index (κ2) is 6.51. The largest absolute Gasteiger partial charge is 0.478 e. The Morgan fingerprint density at radius 3 is 2.38 bits per heavy atom. The predicted octanol–water partition coefficient (Wildman–Crippen LogP) is 2.13. The maximum Gasteiger partial charge on any atom is 0.356 e. The zero-order chi connectivity index (χ0) is 15.2. The monoisotopic (exact) mass is 286 g/mol. The summed E-state index contributed by atoms with van der Waals surface area (Å²) >= 11 is 0. The molecule has 0 spiro atoms. The molecule has 6 nitrogen and oxygen atoms in total. The Kier molecular flexibility index (Phi) is 4.50. The van der Waals surface area contributed by atoms with Crippen molar-refractivity contribution in [2.45, 2.75) is 6.42 Å². The van der Waals surface area contributed by atoms with Crippen molar-refractivity contribution < 1.29 is 19.8 Å². The lowest BCUT2D eigenvalue weighted by Gasteiger charge is -2.11. The van der Waals surface area contributed by atoms with Crippen molar-refractivity contribution in [2.75, 3.05) is 11.9 Å². The van der Waals surface area contributed by atoms with Gasteiger partial charge in [0.2, 0.25) is 0 Å². The number of carbonyl (C=O) groups is 2. The summed E-state index contributed by atoms with van der Waals surface area (Å²) in [5.41, 5.74) is 0.717. The summed E-state index contributed by atoms with van der Waals surface area (Å²) in [6.45, 7) is 0.413. The van der Waals surface area contributed by atoms with Crippen molar-refractivity contribution in [3.63, 3.8) is 0 Å². The van der Waals surface area contributed by atoms with Crippen LogP contribution in [0.5, 0.6) is 0 Å². The Balaban J connectivity index is 2.18. The average Bonchev–Trinajstić information content (AvgIpc) is 2.48. The first-order valence-electron chi connectivity index (χ1n) is 6.33. The van der Waals surface area contributed by atoms with E-state index in [1.807, 2.05) is 30.3 Å². The summed E-state index contributed by atoms with van der Waals surface area (Å²) in [6, 6.07) is 10.9. The maximum absolute atomic E-state index is 11.2. The summed E-state index contributed by atoms with van der Waals surface area (Å²) in [4.78, 5) is 26.0. The molecule has 1 aromatic heterocycles. The van der Waals surface area contributed by atoms with Gasteiger partial charge in [-0.3, -0.25) is 0 Å². The highest BCUT2D eigenvalue weighted by molar-refractivity contribution is 6.01. The minimum atomic E-state index is -1.26. The highest BCUT2D eigenvalue weighted by atomic mass is 16.4. The van der Waals surface area contributed by atoms with Crippen LogP contribution in [-0.2, 0) is 6.42 Å². The molecule has 0 radical (unpaired) electrons. The van der Waals surface area contributed by atoms with Gasteiger partial charge in [-0.25, -0.2) is 14.6 Å². The van der Waals surface area contributed by atoms with E-state index in [1.54, 1.807) is 0 Å². The fourth-order valence-corrected chi connectivity index (χ4v) is 1.96. The van der Waals surface area contributed by atoms with Crippen LogP contribution in [0.15, 0.2) is 42.6 Å². The number of benzene rings is 1. The van der Waals surface area contributed by atoms with E-state index in [4.69, 9.17) is 10.2 Å². The standard InChI is InChI=1S/C15H14N2O4/c18-14(19)11-7-9-17-13(15(20)21)12(11)16-8-6-10-4-2-1-3-5-10/h1-5,7,9,16H,6,8H2,(H,18,19)(H,20,21). The van der Waals surface area contributed by atoms with Gasteiger partial charge in [0, 0.05) is 12.7 Å². The number of carboxylic acid groups (broad SMARTS) is 2. The molecule has 0 fully saturated rings. The zero-order valence-corrected chi connectivity index (χ0v) is 11.1. The number of rotatable bonds is 6. The van der Waals surface area contributed by atoms with Crippen molar-refractivity contribution in [3.05, 3.63) is 59.4 Å². The highest BCUT2D eigenvalue weighted by Gasteiger charge is 2.19. The number of pyridine rings is 1. The number of hydrogen-bond donors (Lipinski definition) is 3. The number of carboxylic acids is 2. The molecule has 0 bridgehead atoms. The van der Waals surface area contributed by atoms with Gasteiger partial charge in [-0.15, -0.1) is 0 Å². The number of anilines is 1. The van der Waals surface area contributed by atoms with Gasteiger partial charge in [-0.05, 0) is 18.1 Å². The minimum absolute atomic E-state index is 0.0356. The molecule has 0 saturated heterocycles. The van der Waals surface area contributed by atoms with Crippen molar-refractivity contribution in [1.29, 1.82) is 0 Å². The summed E-state index contributed by atoms with van der Waals surface area (Å²) in [5, 5.41) is 21.1. The second-order valence-electron chi connectivity index (χ2n) is 4.35. The van der Waals surface area contributed by atoms with Crippen LogP contribution in [0.2, 0.25) is 0 Å². The van der Waals surface area contributed by atoms with Gasteiger partial charge in [-0.2, -0.15) is 0 Å². The van der Waals surface area contributed by atoms with E-state index in [9.17, 15) is 9.59 Å². The number of nitrogens with one attached hydrogen (secondary N) is 1. The summed E-state index contributed by atoms with van der Waals surface area (Å²) < 4.78 is 0. The zero-order valence-electron chi connectivity index (χ0n) is 11.1. The van der Waals surface area contributed by atoms with E-state index < -0.39 is 11.9 Å². The lowest BCUT2D eigenvalue weighted by Crippen LogP contribution is -2.15. The molecule has 0 saturated carbocycles. The SMILES string of the molecule is O=C(O)c1ccnc(C(=O)O)c1NCCc1ccccc1. The molecule has 3 N–H and O–H groups in total. The van der Waals surface area contributed by atoms with Crippen molar-refractivity contribution >= 4 is 17.6 Å². The van der Waals surface area contributed by atoms with Crippen LogP contribution >= 0.6 is 0 Å². The molecule has 1 heterocycles. The van der Waals surface area contributed by atoms with E-state index in [0.717, 1.165) is 5.56 Å². The van der Waals surface area contributed by atoms with Crippen LogP contribution in [0, 0.1) is 0 Å². The summed E-state index contributed by atoms with van der Waals surface area (Å²) in [5.74, 6) is -2.46. The smallest absolute Gasteiger partial charge is 0.356 e. The molecule has 0 aliphatic carbocycles. The molecular weight excluding hydrogens is 272 g/mol. The molecule has 0 unspecified atom stereocenters. The van der Waals surface area contributed by atoms with Gasteiger partial charge >= 0.3 is 11.9 Å². The third kappa shape index (κ3) is 3.56. The van der Waals surface area contributed by atoms with Crippen LogP contribution in [-0.4, -0.2) is 33.7 Å². The third-order valence-electron chi connectivity index (χ3n) is 2.94. The van der Waals surface area contributed by atoms with E-state index in [-0.39, 0.29) is 16.9 Å². The van der Waals surface area contributed by atoms with Gasteiger partial charge in [0.15, 0.2) is 5.69 Å². The maximum atomic E-state index is 11.2. The molecule has 2 aromatic rings. The van der Waals surface area contributed by atoms with Crippen molar-refractivity contribution in [2.24, 2.45) is 0 Å². The lowest BCUT2D eigenvalue weighted by molar-refractivity contribution is 0.0691. The normalized spacial score (nSPS) is 10.1. The quantitative estimate of drug-likeness (QED) is 0.752. The Morgan fingerprint density at radius 2 is 1.76 bits per heavy atom. The number of nitrogens with zero attached hydrogens (tertiary/aromatic N) is 1. The molecule has 0 amide bonds. The average molecular weight is 286 g/mol. The van der Waals surface area contributed by atoms with Crippen LogP contribution in [0.4, 0.5) is 5.69 Å². The van der Waals surface area contributed by atoms with Crippen LogP contribution < -0.4 is 5.32 Å². The Hall–Kier alpha value is -2.89. The molecule has 2 rings (SSSR count). The van der Waals surface area contributed by atoms with Gasteiger partial charge in [0.1, 0.15) is 0 Å². The van der Waals surface area contributed by atoms with E-state index >= 15 is 0 Å². The van der Waals surface area contributed by atoms with Crippen LogP contribution in [0.25, 0.3) is 0 Å². The number of hydrogen-bond acceptors (Lipinski definition) is 4. The first-order valence-corrected chi connectivity index (χ1v) is 6.33. The summed E-state index contributed by atoms with van der Waals surface area (Å²) in [7, 11) is 0. The first kappa shape index (κ1) is 14.5. The fraction of sp³-hybridized carbons (Fsp3) is 0.133. The van der Waals surface area contributed by atoms with Gasteiger partial charge in [-0.1, -0.05) is 30.3 Å². The minimum Gasteiger partial charge on any atom is -0.478 e. The second-order valence-corrected chi connectivity index (χ2v) is 4.35. The lowest BCUT2D eigenvalue weighted by atomic mass is 10.1. The number of aromatic nitrogens is 1. The van der Waals surface area contributed by atoms with E-state index in [2.05, 4.69) is 10.3 Å². The number of aromatic carboxylic acids is 2. The molecule has 0 aliphatic heterocycles. The fourth-order valence-electron chi connectivity index (χ4n) is 1.96. The van der Waals surface area contributed by atoms with Gasteiger partial charge < -0.3 is 15.5 Å². The van der Waals surface area contributed by atoms with Crippen LogP contribution in [0.1, 0.15) is 26.4 Å². The molecule has 108 valence electrons. The molecule has 0 atom stereocenters. The van der Waals surface area contributed by atoms with Crippen molar-refractivity contribution in [1.82, 2.24) is 4.98 Å². The first-order chi connectivity index (χ1) is 10.1. The van der Waals surface area contributed by atoms with Crippen molar-refractivity contribution in [3.8, 4) is 0 Å². The molecule has 21 heavy (non-hydrogen) atoms.